The van der Waals surface area contributed by atoms with Gasteiger partial charge in [0.1, 0.15) is 0 Å². The second kappa shape index (κ2) is 3.31. The van der Waals surface area contributed by atoms with Crippen molar-refractivity contribution < 1.29 is 40.8 Å². The molecular formula is C2HF5Li+. The maximum absolute atomic E-state index is 10.4. The zero-order valence-electron chi connectivity index (χ0n) is 3.97. The van der Waals surface area contributed by atoms with Crippen LogP contribution in [-0.4, -0.2) is 12.6 Å². The van der Waals surface area contributed by atoms with Gasteiger partial charge in [-0.1, -0.05) is 0 Å². The van der Waals surface area contributed by atoms with Crippen LogP contribution in [0.2, 0.25) is 0 Å². The van der Waals surface area contributed by atoms with Gasteiger partial charge in [-0.3, -0.25) is 0 Å². The fourth-order valence-corrected chi connectivity index (χ4v) is 0. The molecule has 0 aromatic carbocycles. The molecule has 0 saturated heterocycles. The van der Waals surface area contributed by atoms with Gasteiger partial charge in [-0.15, -0.1) is 0 Å². The van der Waals surface area contributed by atoms with Crippen molar-refractivity contribution in [3.8, 4) is 0 Å². The van der Waals surface area contributed by atoms with Crippen molar-refractivity contribution in [1.29, 1.82) is 0 Å². The van der Waals surface area contributed by atoms with E-state index in [1.807, 2.05) is 0 Å². The molecule has 0 amide bonds. The molecule has 0 unspecified atom stereocenters. The molecular weight excluding hydrogens is 126 g/mol. The molecule has 0 aliphatic carbocycles. The summed E-state index contributed by atoms with van der Waals surface area (Å²) < 4.78 is 52.1. The smallest absolute Gasteiger partial charge is 0.200 e. The van der Waals surface area contributed by atoms with Gasteiger partial charge >= 0.3 is 31.5 Å². The van der Waals surface area contributed by atoms with Gasteiger partial charge in [-0.05, 0) is 0 Å². The Bertz CT molecular complexity index is 55.9. The van der Waals surface area contributed by atoms with E-state index in [4.69, 9.17) is 0 Å². The first-order chi connectivity index (χ1) is 2.94. The summed E-state index contributed by atoms with van der Waals surface area (Å²) in [6.07, 6.45) is -9.53. The maximum Gasteiger partial charge on any atom is 1.00 e. The van der Waals surface area contributed by atoms with E-state index in [-0.39, 0.29) is 18.9 Å². The van der Waals surface area contributed by atoms with Gasteiger partial charge in [-0.2, -0.15) is 13.2 Å². The Morgan fingerprint density at radius 2 is 1.12 bits per heavy atom. The van der Waals surface area contributed by atoms with Crippen LogP contribution in [0.25, 0.3) is 0 Å². The SMILES string of the molecule is FC(F)C(F)(F)F.[Li+]. The van der Waals surface area contributed by atoms with Crippen LogP contribution in [0.5, 0.6) is 0 Å². The van der Waals surface area contributed by atoms with Crippen molar-refractivity contribution in [2.45, 2.75) is 12.6 Å². The zero-order valence-corrected chi connectivity index (χ0v) is 3.97. The van der Waals surface area contributed by atoms with Crippen LogP contribution in [-0.2, 0) is 0 Å². The molecule has 0 bridgehead atoms. The first-order valence-corrected chi connectivity index (χ1v) is 1.29. The molecule has 0 aliphatic heterocycles. The van der Waals surface area contributed by atoms with E-state index in [9.17, 15) is 22.0 Å². The van der Waals surface area contributed by atoms with Crippen LogP contribution in [0.3, 0.4) is 0 Å². The zero-order chi connectivity index (χ0) is 6.08. The third-order valence-electron chi connectivity index (χ3n) is 0.247. The first kappa shape index (κ1) is 11.1. The summed E-state index contributed by atoms with van der Waals surface area (Å²) in [5.41, 5.74) is 0. The van der Waals surface area contributed by atoms with Gasteiger partial charge < -0.3 is 0 Å². The molecule has 0 N–H and O–H groups in total. The van der Waals surface area contributed by atoms with Crippen LogP contribution in [0.4, 0.5) is 22.0 Å². The molecule has 0 rings (SSSR count). The van der Waals surface area contributed by atoms with E-state index in [0.29, 0.717) is 0 Å². The summed E-state index contributed by atoms with van der Waals surface area (Å²) in [4.78, 5) is 0. The van der Waals surface area contributed by atoms with Crippen LogP contribution in [0, 0.1) is 0 Å². The molecule has 0 aromatic rings. The third kappa shape index (κ3) is 4.41. The number of hydrogen-bond donors (Lipinski definition) is 0. The van der Waals surface area contributed by atoms with Crippen LogP contribution in [0.1, 0.15) is 0 Å². The molecule has 0 nitrogen and oxygen atoms in total. The minimum absolute atomic E-state index is 0. The quantitative estimate of drug-likeness (QED) is 0.283. The summed E-state index contributed by atoms with van der Waals surface area (Å²) in [5, 5.41) is 0. The second-order valence-corrected chi connectivity index (χ2v) is 0.842. The Morgan fingerprint density at radius 3 is 1.12 bits per heavy atom. The normalized spacial score (nSPS) is 11.2. The van der Waals surface area contributed by atoms with Crippen LogP contribution < -0.4 is 18.9 Å². The molecule has 0 aliphatic rings. The van der Waals surface area contributed by atoms with Crippen LogP contribution in [0.15, 0.2) is 0 Å². The summed E-state index contributed by atoms with van der Waals surface area (Å²) in [6.45, 7) is 0. The van der Waals surface area contributed by atoms with Crippen molar-refractivity contribution >= 4 is 0 Å². The molecule has 0 spiro atoms. The molecule has 6 heteroatoms. The predicted molar refractivity (Wildman–Crippen MR) is 12.1 cm³/mol. The first-order valence-electron chi connectivity index (χ1n) is 1.29. The van der Waals surface area contributed by atoms with Crippen molar-refractivity contribution in [1.82, 2.24) is 0 Å². The van der Waals surface area contributed by atoms with Crippen molar-refractivity contribution in [3.05, 3.63) is 0 Å². The number of alkyl halides is 5. The Balaban J connectivity index is 0. The average molecular weight is 127 g/mol. The Morgan fingerprint density at radius 1 is 1.00 bits per heavy atom. The number of rotatable bonds is 0. The van der Waals surface area contributed by atoms with Gasteiger partial charge in [-0.25, -0.2) is 8.78 Å². The van der Waals surface area contributed by atoms with Gasteiger partial charge in [0.05, 0.1) is 0 Å². The molecule has 0 heterocycles. The van der Waals surface area contributed by atoms with E-state index in [1.165, 1.54) is 0 Å². The summed E-state index contributed by atoms with van der Waals surface area (Å²) in [7, 11) is 0. The molecule has 0 atom stereocenters. The van der Waals surface area contributed by atoms with Gasteiger partial charge in [0, 0.05) is 0 Å². The summed E-state index contributed by atoms with van der Waals surface area (Å²) >= 11 is 0. The van der Waals surface area contributed by atoms with Gasteiger partial charge in [0.25, 0.3) is 0 Å². The standard InChI is InChI=1S/C2HF5.Li/c3-1(4)2(5,6)7;/h1H;/q;+1. The molecule has 44 valence electrons. The Hall–Kier alpha value is 0.247. The van der Waals surface area contributed by atoms with E-state index in [2.05, 4.69) is 0 Å². The Kier molecular flexibility index (Phi) is 4.59. The minimum atomic E-state index is -5.33. The third-order valence-corrected chi connectivity index (χ3v) is 0.247. The van der Waals surface area contributed by atoms with E-state index >= 15 is 0 Å². The second-order valence-electron chi connectivity index (χ2n) is 0.842. The minimum Gasteiger partial charge on any atom is -0.200 e. The topological polar surface area (TPSA) is 0 Å². The van der Waals surface area contributed by atoms with Gasteiger partial charge in [0.15, 0.2) is 0 Å². The molecule has 0 radical (unpaired) electrons. The number of hydrogen-bond acceptors (Lipinski definition) is 0. The number of halogens is 5. The molecule has 0 saturated carbocycles. The average Bonchev–Trinajstić information content (AvgIpc) is 1.31. The molecule has 8 heavy (non-hydrogen) atoms. The van der Waals surface area contributed by atoms with E-state index in [1.54, 1.807) is 0 Å². The van der Waals surface area contributed by atoms with Crippen molar-refractivity contribution in [3.63, 3.8) is 0 Å². The van der Waals surface area contributed by atoms with Crippen molar-refractivity contribution in [2.75, 3.05) is 0 Å². The van der Waals surface area contributed by atoms with E-state index < -0.39 is 12.6 Å². The molecule has 0 aromatic heterocycles. The van der Waals surface area contributed by atoms with E-state index in [0.717, 1.165) is 0 Å². The summed E-state index contributed by atoms with van der Waals surface area (Å²) in [5.74, 6) is 0. The summed E-state index contributed by atoms with van der Waals surface area (Å²) in [6, 6.07) is 0. The largest absolute Gasteiger partial charge is 1.00 e. The van der Waals surface area contributed by atoms with Crippen LogP contribution >= 0.6 is 0 Å². The Labute approximate surface area is 54.2 Å². The monoisotopic (exact) mass is 127 g/mol. The predicted octanol–water partition coefficient (Wildman–Crippen LogP) is -1.18. The fraction of sp³-hybridized carbons (Fsp3) is 1.00. The molecule has 0 fully saturated rings. The maximum atomic E-state index is 10.4. The van der Waals surface area contributed by atoms with Gasteiger partial charge in [0.2, 0.25) is 0 Å². The van der Waals surface area contributed by atoms with Crippen molar-refractivity contribution in [2.24, 2.45) is 0 Å². The fourth-order valence-electron chi connectivity index (χ4n) is 0.